The number of carbonyl (C=O) groups excluding carboxylic acids is 2. The Morgan fingerprint density at radius 3 is 2.22 bits per heavy atom. The first-order valence-corrected chi connectivity index (χ1v) is 19.7. The van der Waals surface area contributed by atoms with Gasteiger partial charge in [0.05, 0.1) is 31.3 Å². The van der Waals surface area contributed by atoms with Gasteiger partial charge < -0.3 is 20.9 Å². The van der Waals surface area contributed by atoms with Crippen LogP contribution in [-0.4, -0.2) is 57.2 Å². The lowest BCUT2D eigenvalue weighted by Gasteiger charge is -2.59. The molecule has 45 heavy (non-hydrogen) atoms. The van der Waals surface area contributed by atoms with Gasteiger partial charge in [-0.2, -0.15) is 0 Å². The monoisotopic (exact) mass is 620 g/mol. The first-order chi connectivity index (χ1) is 21.8. The zero-order valence-corrected chi connectivity index (χ0v) is 27.2. The van der Waals surface area contributed by atoms with Crippen molar-refractivity contribution in [3.63, 3.8) is 0 Å². The van der Waals surface area contributed by atoms with E-state index in [-0.39, 0.29) is 23.4 Å². The maximum atomic E-state index is 13.9. The predicted molar refractivity (Wildman–Crippen MR) is 182 cm³/mol. The van der Waals surface area contributed by atoms with Crippen LogP contribution in [0.3, 0.4) is 0 Å². The summed E-state index contributed by atoms with van der Waals surface area (Å²) < 4.78 is 0. The molecule has 2 unspecified atom stereocenters. The number of anilines is 4. The van der Waals surface area contributed by atoms with Crippen molar-refractivity contribution < 1.29 is 9.59 Å². The minimum Gasteiger partial charge on any atom is -0.371 e. The van der Waals surface area contributed by atoms with E-state index in [4.69, 9.17) is 10.7 Å². The summed E-state index contributed by atoms with van der Waals surface area (Å²) in [5.41, 5.74) is 8.64. The van der Waals surface area contributed by atoms with Crippen molar-refractivity contribution in [1.82, 2.24) is 10.3 Å². The van der Waals surface area contributed by atoms with Crippen molar-refractivity contribution in [1.29, 1.82) is 0 Å². The summed E-state index contributed by atoms with van der Waals surface area (Å²) in [6.45, 7) is 5.92. The number of amides is 3. The number of nitrogens with zero attached hydrogens (tertiary/aromatic N) is 4. The van der Waals surface area contributed by atoms with E-state index in [1.54, 1.807) is 5.19 Å². The molecule has 3 amide bonds. The molecule has 4 aliphatic carbocycles. The molecule has 0 radical (unpaired) electrons. The van der Waals surface area contributed by atoms with E-state index in [0.29, 0.717) is 30.8 Å². The van der Waals surface area contributed by atoms with Crippen LogP contribution in [0.25, 0.3) is 0 Å². The van der Waals surface area contributed by atoms with Gasteiger partial charge in [-0.15, -0.1) is 0 Å². The predicted octanol–water partition coefficient (Wildman–Crippen LogP) is 5.24. The Hall–Kier alpha value is -3.85. The Labute approximate surface area is 267 Å². The summed E-state index contributed by atoms with van der Waals surface area (Å²) in [5.74, 6) is 2.01. The molecule has 3 N–H and O–H groups in total. The second-order valence-corrected chi connectivity index (χ2v) is 19.4. The molecule has 4 bridgehead atoms. The first-order valence-electron chi connectivity index (χ1n) is 16.8. The Morgan fingerprint density at radius 1 is 0.867 bits per heavy atom. The van der Waals surface area contributed by atoms with Crippen LogP contribution >= 0.6 is 0 Å². The number of para-hydroxylation sites is 2. The van der Waals surface area contributed by atoms with Gasteiger partial charge in [-0.25, -0.2) is 9.78 Å². The number of urea groups is 1. The Bertz CT molecular complexity index is 1570. The highest BCUT2D eigenvalue weighted by Gasteiger charge is 2.58. The molecule has 8 nitrogen and oxygen atoms in total. The molecule has 4 saturated carbocycles. The van der Waals surface area contributed by atoms with E-state index < -0.39 is 8.07 Å². The average Bonchev–Trinajstić information content (AvgIpc) is 3.06. The summed E-state index contributed by atoms with van der Waals surface area (Å²) in [5, 5.41) is 5.01. The minimum absolute atomic E-state index is 0.0350. The summed E-state index contributed by atoms with van der Waals surface area (Å²) in [6.07, 6.45) is 6.78. The molecular formula is C36H44N6O2Si. The third kappa shape index (κ3) is 4.90. The summed E-state index contributed by atoms with van der Waals surface area (Å²) in [4.78, 5) is 37.8. The molecule has 6 aliphatic rings. The number of nitrogens with two attached hydrogens (primary N) is 1. The number of aromatic nitrogens is 1. The smallest absolute Gasteiger partial charge is 0.322 e. The molecule has 1 aromatic heterocycles. The van der Waals surface area contributed by atoms with Crippen LogP contribution < -0.4 is 30.9 Å². The van der Waals surface area contributed by atoms with Gasteiger partial charge in [-0.3, -0.25) is 9.69 Å². The van der Waals surface area contributed by atoms with Crippen LogP contribution in [-0.2, 0) is 4.79 Å². The summed E-state index contributed by atoms with van der Waals surface area (Å²) in [7, 11) is -1.44. The van der Waals surface area contributed by atoms with E-state index >= 15 is 0 Å². The topological polar surface area (TPSA) is 94.8 Å². The molecule has 2 aromatic carbocycles. The number of rotatable bonds is 5. The SMILES string of the molecule is C[Si]1(c2ccccc2)CCN(c2ccc(N3CCN(C(=O)N[C@H]4C5CC6CC4C[C@@](C(N)=O)(C6)C5)c4ccccc43)nc2)CC1. The van der Waals surface area contributed by atoms with Crippen molar-refractivity contribution in [2.45, 2.75) is 56.8 Å². The molecule has 9 heteroatoms. The van der Waals surface area contributed by atoms with Crippen LogP contribution in [0.2, 0.25) is 18.6 Å². The van der Waals surface area contributed by atoms with Crippen LogP contribution in [0.4, 0.5) is 27.7 Å². The molecule has 2 atom stereocenters. The number of fused-ring (bicyclic) bond motifs is 1. The maximum absolute atomic E-state index is 13.9. The van der Waals surface area contributed by atoms with Gasteiger partial charge in [0.1, 0.15) is 5.82 Å². The van der Waals surface area contributed by atoms with Gasteiger partial charge >= 0.3 is 6.03 Å². The quantitative estimate of drug-likeness (QED) is 0.381. The first kappa shape index (κ1) is 28.6. The molecule has 0 spiro atoms. The average molecular weight is 621 g/mol. The standard InChI is InChI=1S/C36H44N6O2Si/c1-45(29-7-3-2-4-8-29)17-15-40(16-18-45)28-11-12-32(38-24-28)41-13-14-42(31-10-6-5-9-30(31)41)35(44)39-33-26-19-25-20-27(33)23-36(21-25,22-26)34(37)43/h2-12,24-27,33H,13-23H2,1H3,(H2,37,43)(H,39,44)/t25?,26?,27?,33-,36+. The molecule has 1 saturated heterocycles. The highest BCUT2D eigenvalue weighted by atomic mass is 28.3. The zero-order valence-electron chi connectivity index (χ0n) is 26.2. The molecule has 9 rings (SSSR count). The van der Waals surface area contributed by atoms with Crippen molar-refractivity contribution in [3.05, 3.63) is 72.9 Å². The minimum atomic E-state index is -1.44. The lowest BCUT2D eigenvalue weighted by Crippen LogP contribution is -2.63. The number of hydrogen-bond donors (Lipinski definition) is 2. The Morgan fingerprint density at radius 2 is 1.56 bits per heavy atom. The Balaban J connectivity index is 0.949. The zero-order chi connectivity index (χ0) is 30.8. The van der Waals surface area contributed by atoms with Crippen LogP contribution in [0.15, 0.2) is 72.9 Å². The summed E-state index contributed by atoms with van der Waals surface area (Å²) >= 11 is 0. The summed E-state index contributed by atoms with van der Waals surface area (Å²) in [6, 6.07) is 26.2. The lowest BCUT2D eigenvalue weighted by atomic mass is 9.47. The van der Waals surface area contributed by atoms with Crippen molar-refractivity contribution >= 4 is 48.1 Å². The maximum Gasteiger partial charge on any atom is 0.322 e. The second-order valence-electron chi connectivity index (χ2n) is 14.7. The number of pyridine rings is 1. The number of primary amides is 1. The van der Waals surface area contributed by atoms with E-state index in [0.717, 1.165) is 62.4 Å². The highest BCUT2D eigenvalue weighted by Crippen LogP contribution is 2.60. The molecule has 3 heterocycles. The molecule has 3 aromatic rings. The van der Waals surface area contributed by atoms with E-state index in [2.05, 4.69) is 70.2 Å². The normalized spacial score (nSPS) is 29.8. The number of benzene rings is 2. The lowest BCUT2D eigenvalue weighted by molar-refractivity contribution is -0.145. The van der Waals surface area contributed by atoms with E-state index in [1.807, 2.05) is 29.3 Å². The molecule has 234 valence electrons. The molecule has 5 fully saturated rings. The van der Waals surface area contributed by atoms with Gasteiger partial charge in [0, 0.05) is 37.6 Å². The Kier molecular flexibility index (Phi) is 6.93. The van der Waals surface area contributed by atoms with Crippen LogP contribution in [0.5, 0.6) is 0 Å². The largest absolute Gasteiger partial charge is 0.371 e. The highest BCUT2D eigenvalue weighted by molar-refractivity contribution is 6.91. The van der Waals surface area contributed by atoms with Crippen molar-refractivity contribution in [2.75, 3.05) is 40.9 Å². The number of carbonyl (C=O) groups is 2. The van der Waals surface area contributed by atoms with Crippen molar-refractivity contribution in [2.24, 2.45) is 28.9 Å². The van der Waals surface area contributed by atoms with Crippen LogP contribution in [0, 0.1) is 23.2 Å². The number of nitrogens with one attached hydrogen (secondary N) is 1. The van der Waals surface area contributed by atoms with Gasteiger partial charge in [0.2, 0.25) is 5.91 Å². The fourth-order valence-corrected chi connectivity index (χ4v) is 13.1. The van der Waals surface area contributed by atoms with E-state index in [9.17, 15) is 9.59 Å². The van der Waals surface area contributed by atoms with Gasteiger partial charge in [-0.05, 0) is 86.2 Å². The van der Waals surface area contributed by atoms with Gasteiger partial charge in [-0.1, -0.05) is 54.2 Å². The third-order valence-electron chi connectivity index (χ3n) is 12.1. The van der Waals surface area contributed by atoms with Crippen molar-refractivity contribution in [3.8, 4) is 0 Å². The number of hydrogen-bond acceptors (Lipinski definition) is 5. The van der Waals surface area contributed by atoms with Crippen LogP contribution in [0.1, 0.15) is 32.1 Å². The van der Waals surface area contributed by atoms with E-state index in [1.165, 1.54) is 17.8 Å². The third-order valence-corrected chi connectivity index (χ3v) is 16.4. The molecule has 2 aliphatic heterocycles. The second kappa shape index (κ2) is 10.9. The van der Waals surface area contributed by atoms with Gasteiger partial charge in [0.15, 0.2) is 0 Å². The molecular weight excluding hydrogens is 577 g/mol. The fraction of sp³-hybridized carbons (Fsp3) is 0.472. The fourth-order valence-electron chi connectivity index (χ4n) is 9.71. The van der Waals surface area contributed by atoms with Gasteiger partial charge in [0.25, 0.3) is 0 Å².